The van der Waals surface area contributed by atoms with Crippen molar-refractivity contribution in [1.29, 1.82) is 0 Å². The van der Waals surface area contributed by atoms with Crippen molar-refractivity contribution in [3.05, 3.63) is 39.9 Å². The van der Waals surface area contributed by atoms with Crippen molar-refractivity contribution in [2.45, 2.75) is 58.1 Å². The molecule has 0 aliphatic heterocycles. The topological polar surface area (TPSA) is 128 Å². The molecule has 1 aromatic carbocycles. The van der Waals surface area contributed by atoms with E-state index >= 15 is 0 Å². The quantitative estimate of drug-likeness (QED) is 0.388. The molecule has 2 N–H and O–H groups in total. The zero-order valence-corrected chi connectivity index (χ0v) is 16.7. The predicted octanol–water partition coefficient (Wildman–Crippen LogP) is 2.34. The Morgan fingerprint density at radius 3 is 2.48 bits per heavy atom. The standard InChI is InChI=1S/C20H27N3O6/c1-13-5-3-4-6-17(13)22-19(25)14(2)29-18(24)11-12-21-20(26)15-7-9-16(10-8-15)23(27)28/h7-10,13-14,17H,3-6,11-12H2,1-2H3,(H,21,26)(H,22,25)/t13-,14-,17+/m1/s1. The second kappa shape index (κ2) is 10.5. The van der Waals surface area contributed by atoms with E-state index in [0.717, 1.165) is 19.3 Å². The van der Waals surface area contributed by atoms with Gasteiger partial charge in [-0.1, -0.05) is 19.8 Å². The molecule has 0 aromatic heterocycles. The monoisotopic (exact) mass is 405 g/mol. The van der Waals surface area contributed by atoms with Gasteiger partial charge >= 0.3 is 5.97 Å². The van der Waals surface area contributed by atoms with E-state index < -0.39 is 22.9 Å². The highest BCUT2D eigenvalue weighted by Gasteiger charge is 2.26. The smallest absolute Gasteiger partial charge is 0.308 e. The molecule has 1 aliphatic carbocycles. The molecule has 2 amide bonds. The molecule has 158 valence electrons. The minimum Gasteiger partial charge on any atom is -0.452 e. The number of rotatable bonds is 8. The molecule has 1 fully saturated rings. The van der Waals surface area contributed by atoms with Gasteiger partial charge in [-0.15, -0.1) is 0 Å². The van der Waals surface area contributed by atoms with E-state index in [1.807, 2.05) is 0 Å². The molecule has 1 saturated carbocycles. The van der Waals surface area contributed by atoms with Crippen LogP contribution in [0.15, 0.2) is 24.3 Å². The molecule has 0 spiro atoms. The van der Waals surface area contributed by atoms with E-state index in [9.17, 15) is 24.5 Å². The molecule has 0 saturated heterocycles. The summed E-state index contributed by atoms with van der Waals surface area (Å²) in [5.74, 6) is -0.949. The van der Waals surface area contributed by atoms with Gasteiger partial charge in [-0.2, -0.15) is 0 Å². The van der Waals surface area contributed by atoms with Crippen LogP contribution in [0.25, 0.3) is 0 Å². The third kappa shape index (κ3) is 6.85. The van der Waals surface area contributed by atoms with Crippen LogP contribution in [0.1, 0.15) is 56.3 Å². The number of nitro groups is 1. The summed E-state index contributed by atoms with van der Waals surface area (Å²) >= 11 is 0. The van der Waals surface area contributed by atoms with Crippen molar-refractivity contribution < 1.29 is 24.0 Å². The van der Waals surface area contributed by atoms with E-state index in [2.05, 4.69) is 17.6 Å². The number of amides is 2. The summed E-state index contributed by atoms with van der Waals surface area (Å²) in [6, 6.07) is 5.25. The van der Waals surface area contributed by atoms with Crippen molar-refractivity contribution in [1.82, 2.24) is 10.6 Å². The maximum absolute atomic E-state index is 12.2. The zero-order chi connectivity index (χ0) is 21.4. The van der Waals surface area contributed by atoms with E-state index in [1.165, 1.54) is 37.6 Å². The van der Waals surface area contributed by atoms with Crippen LogP contribution in [0.5, 0.6) is 0 Å². The normalized spacial score (nSPS) is 19.7. The summed E-state index contributed by atoms with van der Waals surface area (Å²) in [4.78, 5) is 46.2. The maximum Gasteiger partial charge on any atom is 0.308 e. The highest BCUT2D eigenvalue weighted by Crippen LogP contribution is 2.23. The number of non-ortho nitro benzene ring substituents is 1. The van der Waals surface area contributed by atoms with Gasteiger partial charge in [0.1, 0.15) is 0 Å². The zero-order valence-electron chi connectivity index (χ0n) is 16.7. The fourth-order valence-electron chi connectivity index (χ4n) is 3.26. The molecule has 9 heteroatoms. The van der Waals surface area contributed by atoms with E-state index in [1.54, 1.807) is 0 Å². The number of carbonyl (C=O) groups excluding carboxylic acids is 3. The maximum atomic E-state index is 12.2. The van der Waals surface area contributed by atoms with E-state index in [4.69, 9.17) is 4.74 Å². The molecule has 0 bridgehead atoms. The Morgan fingerprint density at radius 1 is 1.21 bits per heavy atom. The lowest BCUT2D eigenvalue weighted by molar-refractivity contribution is -0.384. The van der Waals surface area contributed by atoms with Crippen LogP contribution in [0.4, 0.5) is 5.69 Å². The Kier molecular flexibility index (Phi) is 8.11. The number of nitro benzene ring substituents is 1. The largest absolute Gasteiger partial charge is 0.452 e. The van der Waals surface area contributed by atoms with Crippen LogP contribution < -0.4 is 10.6 Å². The molecule has 1 aliphatic rings. The molecule has 9 nitrogen and oxygen atoms in total. The van der Waals surface area contributed by atoms with E-state index in [0.29, 0.717) is 5.92 Å². The Labute approximate surface area is 169 Å². The fourth-order valence-corrected chi connectivity index (χ4v) is 3.26. The second-order valence-electron chi connectivity index (χ2n) is 7.32. The Hall–Kier alpha value is -2.97. The Bertz CT molecular complexity index is 749. The van der Waals surface area contributed by atoms with Gasteiger partial charge in [0.15, 0.2) is 6.10 Å². The summed E-state index contributed by atoms with van der Waals surface area (Å²) in [5.41, 5.74) is 0.137. The molecule has 29 heavy (non-hydrogen) atoms. The first-order chi connectivity index (χ1) is 13.8. The van der Waals surface area contributed by atoms with Gasteiger partial charge in [0.05, 0.1) is 11.3 Å². The minimum absolute atomic E-state index is 0.0304. The lowest BCUT2D eigenvalue weighted by atomic mass is 9.86. The number of ether oxygens (including phenoxy) is 1. The number of hydrogen-bond acceptors (Lipinski definition) is 6. The molecule has 0 unspecified atom stereocenters. The van der Waals surface area contributed by atoms with Crippen molar-refractivity contribution in [3.63, 3.8) is 0 Å². The van der Waals surface area contributed by atoms with Gasteiger partial charge in [0.25, 0.3) is 17.5 Å². The molecule has 1 aromatic rings. The van der Waals surface area contributed by atoms with Crippen LogP contribution in [0, 0.1) is 16.0 Å². The van der Waals surface area contributed by atoms with E-state index in [-0.39, 0.29) is 36.2 Å². The van der Waals surface area contributed by atoms with Crippen LogP contribution >= 0.6 is 0 Å². The molecule has 2 rings (SSSR count). The SMILES string of the molecule is C[C@@H]1CCCC[C@@H]1NC(=O)[C@@H](C)OC(=O)CCNC(=O)c1ccc([N+](=O)[O-])cc1. The third-order valence-electron chi connectivity index (χ3n) is 5.07. The van der Waals surface area contributed by atoms with Crippen LogP contribution in [-0.2, 0) is 14.3 Å². The first kappa shape index (κ1) is 22.3. The van der Waals surface area contributed by atoms with Crippen molar-refractivity contribution >= 4 is 23.5 Å². The number of nitrogens with zero attached hydrogens (tertiary/aromatic N) is 1. The average Bonchev–Trinajstić information content (AvgIpc) is 2.69. The van der Waals surface area contributed by atoms with Gasteiger partial charge in [0.2, 0.25) is 0 Å². The van der Waals surface area contributed by atoms with Crippen LogP contribution in [-0.4, -0.2) is 41.4 Å². The molecular weight excluding hydrogens is 378 g/mol. The summed E-state index contributed by atoms with van der Waals surface area (Å²) in [7, 11) is 0. The van der Waals surface area contributed by atoms with Gasteiger partial charge in [-0.05, 0) is 37.8 Å². The third-order valence-corrected chi connectivity index (χ3v) is 5.07. The highest BCUT2D eigenvalue weighted by molar-refractivity contribution is 5.94. The lowest BCUT2D eigenvalue weighted by Gasteiger charge is -2.30. The van der Waals surface area contributed by atoms with Crippen molar-refractivity contribution in [2.24, 2.45) is 5.92 Å². The van der Waals surface area contributed by atoms with Crippen molar-refractivity contribution in [3.8, 4) is 0 Å². The fraction of sp³-hybridized carbons (Fsp3) is 0.550. The number of benzene rings is 1. The predicted molar refractivity (Wildman–Crippen MR) is 105 cm³/mol. The molecule has 0 heterocycles. The number of nitrogens with one attached hydrogen (secondary N) is 2. The minimum atomic E-state index is -0.901. The van der Waals surface area contributed by atoms with Gasteiger partial charge in [0, 0.05) is 30.3 Å². The summed E-state index contributed by atoms with van der Waals surface area (Å²) in [6.45, 7) is 3.66. The first-order valence-electron chi connectivity index (χ1n) is 9.80. The van der Waals surface area contributed by atoms with Crippen LogP contribution in [0.3, 0.4) is 0 Å². The summed E-state index contributed by atoms with van der Waals surface area (Å²) in [6.07, 6.45) is 3.27. The first-order valence-corrected chi connectivity index (χ1v) is 9.80. The lowest BCUT2D eigenvalue weighted by Crippen LogP contribution is -2.46. The molecule has 0 radical (unpaired) electrons. The Morgan fingerprint density at radius 2 is 1.86 bits per heavy atom. The summed E-state index contributed by atoms with van der Waals surface area (Å²) < 4.78 is 5.14. The number of esters is 1. The second-order valence-corrected chi connectivity index (χ2v) is 7.32. The van der Waals surface area contributed by atoms with Gasteiger partial charge < -0.3 is 15.4 Å². The summed E-state index contributed by atoms with van der Waals surface area (Å²) in [5, 5.41) is 16.1. The average molecular weight is 405 g/mol. The number of hydrogen-bond donors (Lipinski definition) is 2. The van der Waals surface area contributed by atoms with Gasteiger partial charge in [-0.25, -0.2) is 0 Å². The number of carbonyl (C=O) groups is 3. The molecule has 3 atom stereocenters. The van der Waals surface area contributed by atoms with Gasteiger partial charge in [-0.3, -0.25) is 24.5 Å². The Balaban J connectivity index is 1.70. The molecular formula is C20H27N3O6. The van der Waals surface area contributed by atoms with Crippen molar-refractivity contribution in [2.75, 3.05) is 6.54 Å². The van der Waals surface area contributed by atoms with Crippen LogP contribution in [0.2, 0.25) is 0 Å². The highest BCUT2D eigenvalue weighted by atomic mass is 16.6.